The quantitative estimate of drug-likeness (QED) is 0.435. The highest BCUT2D eigenvalue weighted by molar-refractivity contribution is 6.10. The summed E-state index contributed by atoms with van der Waals surface area (Å²) in [5.41, 5.74) is 0.583. The van der Waals surface area contributed by atoms with Crippen molar-refractivity contribution in [1.29, 1.82) is 0 Å². The fraction of sp³-hybridized carbons (Fsp3) is 0.300. The zero-order valence-electron chi connectivity index (χ0n) is 16.7. The molecule has 0 spiro atoms. The van der Waals surface area contributed by atoms with E-state index in [2.05, 4.69) is 10.3 Å². The van der Waals surface area contributed by atoms with Crippen LogP contribution < -0.4 is 19.7 Å². The van der Waals surface area contributed by atoms with Crippen molar-refractivity contribution >= 4 is 34.9 Å². The predicted octanol–water partition coefficient (Wildman–Crippen LogP) is 2.10. The van der Waals surface area contributed by atoms with Gasteiger partial charge >= 0.3 is 5.82 Å². The molecule has 2 amide bonds. The van der Waals surface area contributed by atoms with Gasteiger partial charge in [-0.2, -0.15) is 0 Å². The Bertz CT molecular complexity index is 1120. The number of fused-ring (bicyclic) bond motifs is 2. The van der Waals surface area contributed by atoms with Gasteiger partial charge in [-0.3, -0.25) is 19.3 Å². The van der Waals surface area contributed by atoms with Gasteiger partial charge in [0.15, 0.2) is 24.2 Å². The molecule has 2 unspecified atom stereocenters. The van der Waals surface area contributed by atoms with E-state index in [4.69, 9.17) is 9.47 Å². The molecular weight excluding hydrogens is 408 g/mol. The van der Waals surface area contributed by atoms with E-state index in [9.17, 15) is 24.5 Å². The fourth-order valence-electron chi connectivity index (χ4n) is 3.48. The lowest BCUT2D eigenvalue weighted by Gasteiger charge is -2.33. The summed E-state index contributed by atoms with van der Waals surface area (Å²) >= 11 is 0. The maximum absolute atomic E-state index is 13.2. The molecule has 0 radical (unpaired) electrons. The number of rotatable bonds is 5. The van der Waals surface area contributed by atoms with E-state index in [1.165, 1.54) is 31.2 Å². The minimum atomic E-state index is -1.03. The van der Waals surface area contributed by atoms with Crippen molar-refractivity contribution in [2.45, 2.75) is 32.4 Å². The Morgan fingerprint density at radius 3 is 2.77 bits per heavy atom. The summed E-state index contributed by atoms with van der Waals surface area (Å²) in [5.74, 6) is -1.24. The highest BCUT2D eigenvalue weighted by Crippen LogP contribution is 2.37. The minimum Gasteiger partial charge on any atom is -0.482 e. The van der Waals surface area contributed by atoms with E-state index in [0.29, 0.717) is 17.9 Å². The van der Waals surface area contributed by atoms with Crippen molar-refractivity contribution in [3.8, 4) is 11.5 Å². The Morgan fingerprint density at radius 1 is 1.32 bits per heavy atom. The van der Waals surface area contributed by atoms with Crippen LogP contribution in [0.5, 0.6) is 11.5 Å². The van der Waals surface area contributed by atoms with Gasteiger partial charge in [-0.15, -0.1) is 0 Å². The molecule has 3 heterocycles. The second-order valence-corrected chi connectivity index (χ2v) is 7.06. The molecule has 0 saturated carbocycles. The maximum atomic E-state index is 13.2. The highest BCUT2D eigenvalue weighted by atomic mass is 16.6. The third kappa shape index (κ3) is 3.54. The molecule has 11 heteroatoms. The average molecular weight is 426 g/mol. The molecular formula is C20H18N4O7. The Kier molecular flexibility index (Phi) is 5.01. The second kappa shape index (κ2) is 7.67. The number of ketones is 1. The molecule has 0 saturated heterocycles. The Labute approximate surface area is 176 Å². The maximum Gasteiger partial charge on any atom is 0.366 e. The smallest absolute Gasteiger partial charge is 0.366 e. The largest absolute Gasteiger partial charge is 0.482 e. The third-order valence-electron chi connectivity index (χ3n) is 5.06. The van der Waals surface area contributed by atoms with Crippen LogP contribution in [0.1, 0.15) is 30.6 Å². The summed E-state index contributed by atoms with van der Waals surface area (Å²) in [6.07, 6.45) is -0.503. The summed E-state index contributed by atoms with van der Waals surface area (Å²) in [6.45, 7) is 3.15. The standard InChI is InChI=1S/C20H18N4O7/c1-3-13-20(27)23(19-15(31-13)6-7-16(22-19)24(28)29)10(2)18(26)11-4-5-14-12(8-11)21-17(25)9-30-14/h4-8,10,13H,3,9H2,1-2H3,(H,21,25). The topological polar surface area (TPSA) is 141 Å². The normalized spacial score (nSPS) is 18.1. The summed E-state index contributed by atoms with van der Waals surface area (Å²) in [6, 6.07) is 6.07. The van der Waals surface area contributed by atoms with E-state index in [-0.39, 0.29) is 29.6 Å². The van der Waals surface area contributed by atoms with Gasteiger partial charge in [0.1, 0.15) is 11.8 Å². The molecule has 11 nitrogen and oxygen atoms in total. The van der Waals surface area contributed by atoms with Crippen LogP contribution in [0.2, 0.25) is 0 Å². The van der Waals surface area contributed by atoms with Gasteiger partial charge < -0.3 is 24.9 Å². The molecule has 0 bridgehead atoms. The van der Waals surface area contributed by atoms with Crippen molar-refractivity contribution in [2.75, 3.05) is 16.8 Å². The fourth-order valence-corrected chi connectivity index (χ4v) is 3.48. The number of anilines is 2. The number of aromatic nitrogens is 1. The average Bonchev–Trinajstić information content (AvgIpc) is 2.76. The summed E-state index contributed by atoms with van der Waals surface area (Å²) in [7, 11) is 0. The van der Waals surface area contributed by atoms with Crippen LogP contribution in [-0.2, 0) is 9.59 Å². The second-order valence-electron chi connectivity index (χ2n) is 7.06. The number of carbonyl (C=O) groups is 3. The number of hydrogen-bond acceptors (Lipinski definition) is 8. The molecule has 1 aromatic heterocycles. The molecule has 2 aromatic rings. The molecule has 1 N–H and O–H groups in total. The number of pyridine rings is 1. The first-order valence-electron chi connectivity index (χ1n) is 9.56. The molecule has 2 aliphatic heterocycles. The van der Waals surface area contributed by atoms with Crippen molar-refractivity contribution in [2.24, 2.45) is 0 Å². The zero-order chi connectivity index (χ0) is 22.3. The molecule has 4 rings (SSSR count). The van der Waals surface area contributed by atoms with Crippen LogP contribution >= 0.6 is 0 Å². The number of benzene rings is 1. The van der Waals surface area contributed by atoms with Crippen molar-refractivity contribution in [3.63, 3.8) is 0 Å². The summed E-state index contributed by atoms with van der Waals surface area (Å²) in [4.78, 5) is 53.4. The molecule has 0 fully saturated rings. The van der Waals surface area contributed by atoms with E-state index < -0.39 is 34.6 Å². The first-order valence-corrected chi connectivity index (χ1v) is 9.56. The van der Waals surface area contributed by atoms with E-state index in [1.807, 2.05) is 0 Å². The molecule has 1 aromatic carbocycles. The Hall–Kier alpha value is -4.02. The number of nitro groups is 1. The lowest BCUT2D eigenvalue weighted by Crippen LogP contribution is -2.52. The molecule has 160 valence electrons. The van der Waals surface area contributed by atoms with Crippen LogP contribution in [0.15, 0.2) is 30.3 Å². The Balaban J connectivity index is 1.72. The van der Waals surface area contributed by atoms with Crippen LogP contribution in [0, 0.1) is 10.1 Å². The van der Waals surface area contributed by atoms with Gasteiger partial charge in [0.25, 0.3) is 17.6 Å². The van der Waals surface area contributed by atoms with Gasteiger partial charge in [-0.1, -0.05) is 6.92 Å². The van der Waals surface area contributed by atoms with E-state index in [1.54, 1.807) is 13.0 Å². The lowest BCUT2D eigenvalue weighted by molar-refractivity contribution is -0.389. The van der Waals surface area contributed by atoms with Gasteiger partial charge in [0.2, 0.25) is 0 Å². The molecule has 31 heavy (non-hydrogen) atoms. The summed E-state index contributed by atoms with van der Waals surface area (Å²) < 4.78 is 10.9. The predicted molar refractivity (Wildman–Crippen MR) is 107 cm³/mol. The minimum absolute atomic E-state index is 0.0839. The number of amides is 2. The van der Waals surface area contributed by atoms with E-state index >= 15 is 0 Å². The van der Waals surface area contributed by atoms with Gasteiger partial charge in [0.05, 0.1) is 5.69 Å². The highest BCUT2D eigenvalue weighted by Gasteiger charge is 2.42. The van der Waals surface area contributed by atoms with Crippen LogP contribution in [0.25, 0.3) is 0 Å². The SMILES string of the molecule is CCC1Oc2ccc([N+](=O)[O-])nc2N(C(C)C(=O)c2ccc3c(c2)NC(=O)CO3)C1=O. The number of nitrogens with zero attached hydrogens (tertiary/aromatic N) is 3. The van der Waals surface area contributed by atoms with Crippen molar-refractivity contribution in [3.05, 3.63) is 46.0 Å². The van der Waals surface area contributed by atoms with Gasteiger partial charge in [0, 0.05) is 11.6 Å². The molecule has 2 aliphatic rings. The van der Waals surface area contributed by atoms with Gasteiger partial charge in [-0.25, -0.2) is 0 Å². The van der Waals surface area contributed by atoms with Crippen LogP contribution in [0.3, 0.4) is 0 Å². The zero-order valence-corrected chi connectivity index (χ0v) is 16.7. The van der Waals surface area contributed by atoms with Crippen LogP contribution in [-0.4, -0.2) is 46.3 Å². The number of hydrogen-bond donors (Lipinski definition) is 1. The number of Topliss-reactive ketones (excluding diaryl/α,β-unsaturated/α-hetero) is 1. The lowest BCUT2D eigenvalue weighted by atomic mass is 10.0. The first kappa shape index (κ1) is 20.3. The number of carbonyl (C=O) groups excluding carboxylic acids is 3. The Morgan fingerprint density at radius 2 is 2.06 bits per heavy atom. The number of nitrogens with one attached hydrogen (secondary N) is 1. The molecule has 0 aliphatic carbocycles. The van der Waals surface area contributed by atoms with Gasteiger partial charge in [-0.05, 0) is 47.5 Å². The third-order valence-corrected chi connectivity index (χ3v) is 5.06. The first-order chi connectivity index (χ1) is 14.8. The van der Waals surface area contributed by atoms with Crippen molar-refractivity contribution in [1.82, 2.24) is 4.98 Å². The van der Waals surface area contributed by atoms with E-state index in [0.717, 1.165) is 4.90 Å². The number of ether oxygens (including phenoxy) is 2. The van der Waals surface area contributed by atoms with Crippen molar-refractivity contribution < 1.29 is 28.8 Å². The summed E-state index contributed by atoms with van der Waals surface area (Å²) in [5, 5.41) is 13.8. The molecule has 2 atom stereocenters. The monoisotopic (exact) mass is 426 g/mol. The van der Waals surface area contributed by atoms with Crippen LogP contribution in [0.4, 0.5) is 17.3 Å².